The Labute approximate surface area is 171 Å². The smallest absolute Gasteiger partial charge is 0.459 e. The molecule has 2 rings (SSSR count). The summed E-state index contributed by atoms with van der Waals surface area (Å²) in [4.78, 5) is 27.4. The van der Waals surface area contributed by atoms with Gasteiger partial charge in [-0.3, -0.25) is 9.48 Å². The molecule has 0 aromatic carbocycles. The van der Waals surface area contributed by atoms with E-state index in [2.05, 4.69) is 14.8 Å². The number of rotatable bonds is 4. The maximum absolute atomic E-state index is 13.7. The van der Waals surface area contributed by atoms with Gasteiger partial charge in [-0.1, -0.05) is 11.6 Å². The second kappa shape index (κ2) is 7.94. The number of nitrogens with one attached hydrogen (secondary N) is 1. The van der Waals surface area contributed by atoms with Crippen LogP contribution >= 0.6 is 11.6 Å². The number of alkyl halides is 8. The Kier molecular flexibility index (Phi) is 6.22. The molecule has 2 aromatic heterocycles. The van der Waals surface area contributed by atoms with Crippen LogP contribution in [-0.4, -0.2) is 39.9 Å². The van der Waals surface area contributed by atoms with Crippen LogP contribution in [-0.2, 0) is 23.9 Å². The van der Waals surface area contributed by atoms with Crippen molar-refractivity contribution in [3.8, 4) is 0 Å². The van der Waals surface area contributed by atoms with Gasteiger partial charge in [-0.2, -0.15) is 40.2 Å². The number of aromatic nitrogens is 3. The van der Waals surface area contributed by atoms with Gasteiger partial charge in [-0.05, 0) is 6.07 Å². The van der Waals surface area contributed by atoms with Gasteiger partial charge in [0.2, 0.25) is 0 Å². The fourth-order valence-corrected chi connectivity index (χ4v) is 2.55. The van der Waals surface area contributed by atoms with E-state index in [9.17, 15) is 44.7 Å². The van der Waals surface area contributed by atoms with Crippen molar-refractivity contribution in [1.29, 1.82) is 0 Å². The van der Waals surface area contributed by atoms with Crippen LogP contribution in [0.25, 0.3) is 0 Å². The van der Waals surface area contributed by atoms with Gasteiger partial charge in [0.05, 0.1) is 24.6 Å². The molecular formula is C15H9ClF8N4O3. The monoisotopic (exact) mass is 480 g/mol. The highest BCUT2D eigenvalue weighted by molar-refractivity contribution is 6.32. The molecule has 0 aliphatic heterocycles. The van der Waals surface area contributed by atoms with E-state index in [1.165, 1.54) is 0 Å². The van der Waals surface area contributed by atoms with Gasteiger partial charge in [0, 0.05) is 7.05 Å². The predicted molar refractivity (Wildman–Crippen MR) is 86.7 cm³/mol. The summed E-state index contributed by atoms with van der Waals surface area (Å²) in [6, 6.07) is 0.841. The summed E-state index contributed by atoms with van der Waals surface area (Å²) in [6.07, 6.45) is -11.4. The maximum atomic E-state index is 13.7. The van der Waals surface area contributed by atoms with Crippen molar-refractivity contribution >= 4 is 29.2 Å². The number of esters is 1. The van der Waals surface area contributed by atoms with E-state index in [1.54, 1.807) is 5.32 Å². The standard InChI is InChI=1S/C15H9ClF8N4O3/c1-28-8(7(14(19,20)21)9(27-28)13(17,18)15(22,23)24)11(29)26-5-3-6(12(30)31-2)10(16)25-4-5/h3-4H,1-2H3,(H,26,29). The van der Waals surface area contributed by atoms with Gasteiger partial charge in [0.1, 0.15) is 16.4 Å². The van der Waals surface area contributed by atoms with Crippen molar-refractivity contribution in [1.82, 2.24) is 14.8 Å². The maximum Gasteiger partial charge on any atom is 0.459 e. The van der Waals surface area contributed by atoms with Gasteiger partial charge in [0.25, 0.3) is 5.91 Å². The van der Waals surface area contributed by atoms with E-state index in [0.29, 0.717) is 7.05 Å². The normalized spacial score (nSPS) is 12.6. The second-order valence-corrected chi connectivity index (χ2v) is 6.13. The molecule has 0 aliphatic rings. The molecule has 0 unspecified atom stereocenters. The van der Waals surface area contributed by atoms with Crippen LogP contribution in [0.5, 0.6) is 0 Å². The summed E-state index contributed by atoms with van der Waals surface area (Å²) in [7, 11) is 1.54. The third-order valence-electron chi connectivity index (χ3n) is 3.70. The molecule has 0 radical (unpaired) electrons. The first-order valence-electron chi connectivity index (χ1n) is 7.66. The first-order chi connectivity index (χ1) is 14.0. The average molecular weight is 481 g/mol. The Hall–Kier alpha value is -2.97. The van der Waals surface area contributed by atoms with Gasteiger partial charge in [0.15, 0.2) is 5.69 Å². The second-order valence-electron chi connectivity index (χ2n) is 5.77. The summed E-state index contributed by atoms with van der Waals surface area (Å²) in [6.45, 7) is 0. The van der Waals surface area contributed by atoms with Crippen LogP contribution in [0.15, 0.2) is 12.3 Å². The summed E-state index contributed by atoms with van der Waals surface area (Å²) in [5, 5.41) is 4.02. The number of halogens is 9. The average Bonchev–Trinajstić information content (AvgIpc) is 3.00. The predicted octanol–water partition coefficient (Wildman–Crippen LogP) is 4.18. The number of amides is 1. The number of hydrogen-bond acceptors (Lipinski definition) is 5. The van der Waals surface area contributed by atoms with E-state index < -0.39 is 63.5 Å². The molecule has 170 valence electrons. The molecule has 0 bridgehead atoms. The van der Waals surface area contributed by atoms with Crippen molar-refractivity contribution in [2.75, 3.05) is 12.4 Å². The molecule has 0 saturated heterocycles. The number of pyridine rings is 1. The molecule has 2 heterocycles. The van der Waals surface area contributed by atoms with Gasteiger partial charge in [-0.25, -0.2) is 9.78 Å². The van der Waals surface area contributed by atoms with E-state index in [-0.39, 0.29) is 4.68 Å². The zero-order valence-electron chi connectivity index (χ0n) is 15.1. The van der Waals surface area contributed by atoms with Crippen LogP contribution in [0, 0.1) is 0 Å². The number of ether oxygens (including phenoxy) is 1. The molecule has 0 aliphatic carbocycles. The molecular weight excluding hydrogens is 472 g/mol. The minimum atomic E-state index is -6.41. The minimum Gasteiger partial charge on any atom is -0.465 e. The number of anilines is 1. The Morgan fingerprint density at radius 3 is 2.19 bits per heavy atom. The Morgan fingerprint density at radius 2 is 1.71 bits per heavy atom. The van der Waals surface area contributed by atoms with Gasteiger partial charge in [-0.15, -0.1) is 0 Å². The molecule has 0 saturated carbocycles. The van der Waals surface area contributed by atoms with Crippen LogP contribution in [0.3, 0.4) is 0 Å². The first-order valence-corrected chi connectivity index (χ1v) is 8.04. The van der Waals surface area contributed by atoms with Gasteiger partial charge < -0.3 is 10.1 Å². The largest absolute Gasteiger partial charge is 0.465 e. The first kappa shape index (κ1) is 24.3. The van der Waals surface area contributed by atoms with Crippen LogP contribution in [0.2, 0.25) is 5.15 Å². The van der Waals surface area contributed by atoms with Crippen molar-refractivity contribution in [3.05, 3.63) is 39.9 Å². The number of carbonyl (C=O) groups excluding carboxylic acids is 2. The zero-order valence-corrected chi connectivity index (χ0v) is 15.9. The minimum absolute atomic E-state index is 0.0717. The van der Waals surface area contributed by atoms with Crippen molar-refractivity contribution < 1.29 is 49.4 Å². The fourth-order valence-electron chi connectivity index (χ4n) is 2.37. The summed E-state index contributed by atoms with van der Waals surface area (Å²) in [5.74, 6) is -8.79. The fraction of sp³-hybridized carbons (Fsp3) is 0.333. The third-order valence-corrected chi connectivity index (χ3v) is 4.00. The van der Waals surface area contributed by atoms with Gasteiger partial charge >= 0.3 is 24.2 Å². The highest BCUT2D eigenvalue weighted by Crippen LogP contribution is 2.48. The van der Waals surface area contributed by atoms with Crippen molar-refractivity contribution in [2.24, 2.45) is 7.05 Å². The van der Waals surface area contributed by atoms with Crippen molar-refractivity contribution in [3.63, 3.8) is 0 Å². The van der Waals surface area contributed by atoms with Crippen LogP contribution in [0.4, 0.5) is 40.8 Å². The van der Waals surface area contributed by atoms with Crippen LogP contribution in [0.1, 0.15) is 32.1 Å². The Balaban J connectivity index is 2.60. The highest BCUT2D eigenvalue weighted by atomic mass is 35.5. The van der Waals surface area contributed by atoms with Crippen LogP contribution < -0.4 is 5.32 Å². The van der Waals surface area contributed by atoms with E-state index in [1.807, 2.05) is 0 Å². The van der Waals surface area contributed by atoms with E-state index >= 15 is 0 Å². The lowest BCUT2D eigenvalue weighted by Gasteiger charge is -2.19. The number of aryl methyl sites for hydroxylation is 1. The van der Waals surface area contributed by atoms with Crippen molar-refractivity contribution in [2.45, 2.75) is 18.3 Å². The number of methoxy groups -OCH3 is 1. The quantitative estimate of drug-likeness (QED) is 0.403. The summed E-state index contributed by atoms with van der Waals surface area (Å²) >= 11 is 5.65. The molecule has 1 N–H and O–H groups in total. The molecule has 0 fully saturated rings. The lowest BCUT2D eigenvalue weighted by molar-refractivity contribution is -0.292. The SMILES string of the molecule is COC(=O)c1cc(NC(=O)c2c(C(F)(F)F)c(C(F)(F)C(F)(F)F)nn2C)cnc1Cl. The summed E-state index contributed by atoms with van der Waals surface area (Å²) < 4.78 is 110. The zero-order chi connectivity index (χ0) is 23.9. The molecule has 2 aromatic rings. The van der Waals surface area contributed by atoms with E-state index in [4.69, 9.17) is 11.6 Å². The molecule has 31 heavy (non-hydrogen) atoms. The number of hydrogen-bond donors (Lipinski definition) is 1. The highest BCUT2D eigenvalue weighted by Gasteiger charge is 2.64. The number of nitrogens with zero attached hydrogens (tertiary/aromatic N) is 3. The summed E-state index contributed by atoms with van der Waals surface area (Å²) in [5.41, 5.74) is -7.75. The molecule has 0 spiro atoms. The number of carbonyl (C=O) groups is 2. The third kappa shape index (κ3) is 4.55. The Bertz CT molecular complexity index is 1030. The Morgan fingerprint density at radius 1 is 1.13 bits per heavy atom. The topological polar surface area (TPSA) is 86.1 Å². The van der Waals surface area contributed by atoms with E-state index in [0.717, 1.165) is 19.4 Å². The molecule has 16 heteroatoms. The molecule has 0 atom stereocenters. The lowest BCUT2D eigenvalue weighted by Crippen LogP contribution is -2.36. The lowest BCUT2D eigenvalue weighted by atomic mass is 10.1. The molecule has 7 nitrogen and oxygen atoms in total. The molecule has 1 amide bonds.